The van der Waals surface area contributed by atoms with Crippen molar-refractivity contribution in [3.05, 3.63) is 50.4 Å². The van der Waals surface area contributed by atoms with Crippen LogP contribution in [0.3, 0.4) is 0 Å². The first-order valence-corrected chi connectivity index (χ1v) is 6.05. The Labute approximate surface area is 114 Å². The van der Waals surface area contributed by atoms with Crippen LogP contribution < -0.4 is 10.5 Å². The van der Waals surface area contributed by atoms with E-state index in [9.17, 15) is 14.9 Å². The quantitative estimate of drug-likeness (QED) is 0.577. The summed E-state index contributed by atoms with van der Waals surface area (Å²) in [5, 5.41) is 15.2. The van der Waals surface area contributed by atoms with E-state index < -0.39 is 4.92 Å². The van der Waals surface area contributed by atoms with E-state index >= 15 is 0 Å². The van der Waals surface area contributed by atoms with Crippen LogP contribution in [0.4, 0.5) is 11.4 Å². The van der Waals surface area contributed by atoms with E-state index in [0.717, 1.165) is 5.56 Å². The number of hydrogen-bond donors (Lipinski definition) is 0. The lowest BCUT2D eigenvalue weighted by Gasteiger charge is -2.28. The minimum atomic E-state index is -0.425. The van der Waals surface area contributed by atoms with Crippen LogP contribution in [0.1, 0.15) is 5.56 Å². The van der Waals surface area contributed by atoms with Gasteiger partial charge < -0.3 is 4.90 Å². The van der Waals surface area contributed by atoms with Gasteiger partial charge in [0.2, 0.25) is 0 Å². The summed E-state index contributed by atoms with van der Waals surface area (Å²) in [6.45, 7) is 0.427. The number of anilines is 1. The summed E-state index contributed by atoms with van der Waals surface area (Å²) in [6.07, 6.45) is 1.63. The van der Waals surface area contributed by atoms with Crippen LogP contribution >= 0.6 is 0 Å². The molecule has 0 bridgehead atoms. The Morgan fingerprint density at radius 3 is 2.80 bits per heavy atom. The number of rotatable bonds is 1. The van der Waals surface area contributed by atoms with Gasteiger partial charge in [-0.2, -0.15) is 5.10 Å². The van der Waals surface area contributed by atoms with Gasteiger partial charge in [0.15, 0.2) is 0 Å². The maximum absolute atomic E-state index is 12.3. The molecule has 0 saturated heterocycles. The average molecular weight is 272 g/mol. The second kappa shape index (κ2) is 4.16. The maximum atomic E-state index is 12.3. The molecule has 1 aromatic carbocycles. The second-order valence-corrected chi connectivity index (χ2v) is 4.76. The SMILES string of the molecule is CN1Cc2cnn(C)c(=O)c2-c2cccc([N+](=O)[O-])c21. The average Bonchev–Trinajstić information content (AvgIpc) is 2.42. The molecule has 0 atom stereocenters. The van der Waals surface area contributed by atoms with E-state index in [-0.39, 0.29) is 11.2 Å². The van der Waals surface area contributed by atoms with Crippen LogP contribution in [0.15, 0.2) is 29.2 Å². The highest BCUT2D eigenvalue weighted by molar-refractivity contribution is 5.88. The van der Waals surface area contributed by atoms with Crippen LogP contribution in [0, 0.1) is 10.1 Å². The third kappa shape index (κ3) is 1.59. The Hall–Kier alpha value is -2.70. The Morgan fingerprint density at radius 1 is 1.35 bits per heavy atom. The monoisotopic (exact) mass is 272 g/mol. The first kappa shape index (κ1) is 12.3. The van der Waals surface area contributed by atoms with Gasteiger partial charge in [-0.15, -0.1) is 0 Å². The molecule has 0 spiro atoms. The van der Waals surface area contributed by atoms with E-state index in [1.165, 1.54) is 10.7 Å². The molecule has 20 heavy (non-hydrogen) atoms. The first-order chi connectivity index (χ1) is 9.50. The molecule has 2 heterocycles. The van der Waals surface area contributed by atoms with Gasteiger partial charge in [-0.1, -0.05) is 12.1 Å². The number of nitrogens with zero attached hydrogens (tertiary/aromatic N) is 4. The summed E-state index contributed by atoms with van der Waals surface area (Å²) in [5.74, 6) is 0. The third-order valence-corrected chi connectivity index (χ3v) is 3.49. The van der Waals surface area contributed by atoms with Crippen molar-refractivity contribution in [2.24, 2.45) is 7.05 Å². The summed E-state index contributed by atoms with van der Waals surface area (Å²) in [5.41, 5.74) is 2.12. The van der Waals surface area contributed by atoms with Crippen LogP contribution in [-0.4, -0.2) is 21.8 Å². The van der Waals surface area contributed by atoms with Crippen molar-refractivity contribution in [3.63, 3.8) is 0 Å². The van der Waals surface area contributed by atoms with E-state index in [0.29, 0.717) is 23.4 Å². The second-order valence-electron chi connectivity index (χ2n) is 4.76. The Balaban J connectivity index is 2.41. The number of nitro groups is 1. The molecule has 7 heteroatoms. The van der Waals surface area contributed by atoms with Crippen molar-refractivity contribution >= 4 is 11.4 Å². The van der Waals surface area contributed by atoms with Crippen molar-refractivity contribution in [2.75, 3.05) is 11.9 Å². The fraction of sp³-hybridized carbons (Fsp3) is 0.231. The van der Waals surface area contributed by atoms with Gasteiger partial charge in [-0.05, 0) is 0 Å². The van der Waals surface area contributed by atoms with Gasteiger partial charge in [0.25, 0.3) is 11.2 Å². The lowest BCUT2D eigenvalue weighted by molar-refractivity contribution is -0.384. The smallest absolute Gasteiger partial charge is 0.293 e. The number of hydrogen-bond acceptors (Lipinski definition) is 5. The minimum absolute atomic E-state index is 0.00881. The lowest BCUT2D eigenvalue weighted by atomic mass is 9.95. The number of nitro benzene ring substituents is 1. The molecule has 2 aromatic rings. The van der Waals surface area contributed by atoms with Gasteiger partial charge in [0, 0.05) is 37.8 Å². The van der Waals surface area contributed by atoms with E-state index in [2.05, 4.69) is 5.10 Å². The lowest BCUT2D eigenvalue weighted by Crippen LogP contribution is -2.30. The summed E-state index contributed by atoms with van der Waals surface area (Å²) >= 11 is 0. The van der Waals surface area contributed by atoms with Crippen molar-refractivity contribution in [1.29, 1.82) is 0 Å². The van der Waals surface area contributed by atoms with Crippen LogP contribution in [0.5, 0.6) is 0 Å². The van der Waals surface area contributed by atoms with Crippen LogP contribution in [0.25, 0.3) is 11.1 Å². The fourth-order valence-corrected chi connectivity index (χ4v) is 2.60. The van der Waals surface area contributed by atoms with Crippen molar-refractivity contribution in [3.8, 4) is 11.1 Å². The molecule has 3 rings (SSSR count). The predicted molar refractivity (Wildman–Crippen MR) is 73.7 cm³/mol. The predicted octanol–water partition coefficient (Wildman–Crippen LogP) is 1.31. The molecule has 1 aliphatic rings. The maximum Gasteiger partial charge on any atom is 0.293 e. The molecule has 7 nitrogen and oxygen atoms in total. The zero-order valence-electron chi connectivity index (χ0n) is 11.0. The molecular weight excluding hydrogens is 260 g/mol. The number of aromatic nitrogens is 2. The minimum Gasteiger partial charge on any atom is -0.364 e. The molecule has 0 N–H and O–H groups in total. The topological polar surface area (TPSA) is 81.3 Å². The van der Waals surface area contributed by atoms with E-state index in [1.54, 1.807) is 37.3 Å². The van der Waals surface area contributed by atoms with Crippen LogP contribution in [0.2, 0.25) is 0 Å². The zero-order valence-corrected chi connectivity index (χ0v) is 11.0. The Kier molecular flexibility index (Phi) is 2.56. The molecule has 102 valence electrons. The molecule has 0 unspecified atom stereocenters. The number of benzene rings is 1. The molecule has 1 aliphatic heterocycles. The van der Waals surface area contributed by atoms with Crippen molar-refractivity contribution < 1.29 is 4.92 Å². The fourth-order valence-electron chi connectivity index (χ4n) is 2.60. The summed E-state index contributed by atoms with van der Waals surface area (Å²) in [4.78, 5) is 24.8. The molecule has 0 radical (unpaired) electrons. The first-order valence-electron chi connectivity index (χ1n) is 6.05. The highest BCUT2D eigenvalue weighted by Crippen LogP contribution is 2.41. The van der Waals surface area contributed by atoms with Gasteiger partial charge in [-0.3, -0.25) is 14.9 Å². The number of para-hydroxylation sites is 1. The molecule has 0 amide bonds. The van der Waals surface area contributed by atoms with Crippen molar-refractivity contribution in [2.45, 2.75) is 6.54 Å². The van der Waals surface area contributed by atoms with Crippen molar-refractivity contribution in [1.82, 2.24) is 9.78 Å². The molecule has 0 saturated carbocycles. The number of fused-ring (bicyclic) bond motifs is 3. The van der Waals surface area contributed by atoms with Gasteiger partial charge in [0.05, 0.1) is 16.7 Å². The van der Waals surface area contributed by atoms with Crippen LogP contribution in [-0.2, 0) is 13.6 Å². The summed E-state index contributed by atoms with van der Waals surface area (Å²) < 4.78 is 1.24. The number of aryl methyl sites for hydroxylation is 1. The van der Waals surface area contributed by atoms with E-state index in [4.69, 9.17) is 0 Å². The van der Waals surface area contributed by atoms with Gasteiger partial charge in [-0.25, -0.2) is 4.68 Å². The Bertz CT molecular complexity index is 782. The molecular formula is C13H12N4O3. The molecule has 1 aromatic heterocycles. The highest BCUT2D eigenvalue weighted by atomic mass is 16.6. The Morgan fingerprint density at radius 2 is 2.10 bits per heavy atom. The van der Waals surface area contributed by atoms with Gasteiger partial charge in [0.1, 0.15) is 5.69 Å². The summed E-state index contributed by atoms with van der Waals surface area (Å²) in [7, 11) is 3.34. The summed E-state index contributed by atoms with van der Waals surface area (Å²) in [6, 6.07) is 4.78. The molecule has 0 fully saturated rings. The highest BCUT2D eigenvalue weighted by Gasteiger charge is 2.29. The normalized spacial score (nSPS) is 12.8. The largest absolute Gasteiger partial charge is 0.364 e. The standard InChI is InChI=1S/C13H12N4O3/c1-15-7-8-6-14-16(2)13(18)11(8)9-4-3-5-10(12(9)15)17(19)20/h3-6H,7H2,1-2H3. The molecule has 0 aliphatic carbocycles. The third-order valence-electron chi connectivity index (χ3n) is 3.49. The zero-order chi connectivity index (χ0) is 14.4. The van der Waals surface area contributed by atoms with Gasteiger partial charge >= 0.3 is 0 Å². The van der Waals surface area contributed by atoms with E-state index in [1.807, 2.05) is 0 Å².